The quantitative estimate of drug-likeness (QED) is 0.418. The number of pyridine rings is 1. The van der Waals surface area contributed by atoms with Crippen molar-refractivity contribution >= 4 is 27.5 Å². The Morgan fingerprint density at radius 3 is 2.73 bits per heavy atom. The van der Waals surface area contributed by atoms with E-state index in [0.717, 1.165) is 38.4 Å². The van der Waals surface area contributed by atoms with Crippen molar-refractivity contribution in [1.29, 1.82) is 0 Å². The van der Waals surface area contributed by atoms with E-state index in [2.05, 4.69) is 25.6 Å². The van der Waals surface area contributed by atoms with Crippen molar-refractivity contribution in [3.63, 3.8) is 0 Å². The fraction of sp³-hybridized carbons (Fsp3) is 0.167. The summed E-state index contributed by atoms with van der Waals surface area (Å²) < 4.78 is 8.32. The summed E-state index contributed by atoms with van der Waals surface area (Å²) in [6.07, 6.45) is 2.98. The monoisotopic (exact) mass is 463 g/mol. The summed E-state index contributed by atoms with van der Waals surface area (Å²) in [4.78, 5) is 17.3. The Morgan fingerprint density at radius 1 is 1.10 bits per heavy atom. The van der Waals surface area contributed by atoms with Crippen LogP contribution in [-0.2, 0) is 17.8 Å². The topological polar surface area (TPSA) is 55.6 Å². The van der Waals surface area contributed by atoms with Crippen molar-refractivity contribution in [3.05, 3.63) is 88.7 Å². The molecule has 0 saturated carbocycles. The molecular formula is C24H22BrN3O2. The van der Waals surface area contributed by atoms with Gasteiger partial charge < -0.3 is 14.5 Å². The Hall–Kier alpha value is -3.12. The van der Waals surface area contributed by atoms with Gasteiger partial charge in [-0.15, -0.1) is 0 Å². The summed E-state index contributed by atoms with van der Waals surface area (Å²) in [7, 11) is 1.64. The van der Waals surface area contributed by atoms with Crippen LogP contribution in [0.5, 0.6) is 5.75 Å². The highest BCUT2D eigenvalue weighted by Gasteiger charge is 2.15. The average molecular weight is 464 g/mol. The van der Waals surface area contributed by atoms with E-state index in [1.807, 2.05) is 72.9 Å². The third-order valence-electron chi connectivity index (χ3n) is 4.96. The number of nitrogens with one attached hydrogen (secondary N) is 1. The number of rotatable bonds is 7. The molecule has 0 bridgehead atoms. The van der Waals surface area contributed by atoms with Gasteiger partial charge in [0.1, 0.15) is 11.4 Å². The van der Waals surface area contributed by atoms with E-state index in [9.17, 15) is 4.79 Å². The molecule has 2 aromatic carbocycles. The molecule has 0 atom stereocenters. The molecule has 0 unspecified atom stereocenters. The largest absolute Gasteiger partial charge is 0.497 e. The van der Waals surface area contributed by atoms with Crippen molar-refractivity contribution in [2.45, 2.75) is 19.4 Å². The number of ether oxygens (including phenoxy) is 1. The zero-order valence-corrected chi connectivity index (χ0v) is 18.2. The first kappa shape index (κ1) is 20.2. The molecule has 0 radical (unpaired) electrons. The van der Waals surface area contributed by atoms with Gasteiger partial charge in [-0.2, -0.15) is 0 Å². The molecule has 2 heterocycles. The van der Waals surface area contributed by atoms with Crippen molar-refractivity contribution in [1.82, 2.24) is 14.7 Å². The molecule has 0 aliphatic heterocycles. The normalized spacial score (nSPS) is 10.9. The standard InChI is InChI=1S/C24H22BrN3O2/c1-30-20-6-4-5-17(15-20)16-26-23(29)13-12-21-24(18-8-10-19(25)11-9-18)27-22-7-2-3-14-28(21)22/h2-11,14-15H,12-13,16H2,1H3,(H,26,29). The number of aromatic nitrogens is 2. The third-order valence-corrected chi connectivity index (χ3v) is 5.49. The van der Waals surface area contributed by atoms with Gasteiger partial charge in [-0.05, 0) is 48.4 Å². The predicted molar refractivity (Wildman–Crippen MR) is 121 cm³/mol. The van der Waals surface area contributed by atoms with Crippen molar-refractivity contribution in [3.8, 4) is 17.0 Å². The molecule has 6 heteroatoms. The first-order chi connectivity index (χ1) is 14.6. The van der Waals surface area contributed by atoms with Crippen molar-refractivity contribution in [2.24, 2.45) is 0 Å². The maximum Gasteiger partial charge on any atom is 0.220 e. The lowest BCUT2D eigenvalue weighted by Crippen LogP contribution is -2.23. The molecule has 1 N–H and O–H groups in total. The van der Waals surface area contributed by atoms with Gasteiger partial charge in [0.05, 0.1) is 18.5 Å². The van der Waals surface area contributed by atoms with Gasteiger partial charge in [0.2, 0.25) is 5.91 Å². The Morgan fingerprint density at radius 2 is 1.93 bits per heavy atom. The van der Waals surface area contributed by atoms with Gasteiger partial charge in [-0.25, -0.2) is 4.98 Å². The van der Waals surface area contributed by atoms with Gasteiger partial charge in [0.15, 0.2) is 0 Å². The van der Waals surface area contributed by atoms with Crippen LogP contribution in [0.1, 0.15) is 17.7 Å². The first-order valence-corrected chi connectivity index (χ1v) is 10.5. The number of methoxy groups -OCH3 is 1. The second kappa shape index (κ2) is 9.13. The molecular weight excluding hydrogens is 442 g/mol. The van der Waals surface area contributed by atoms with E-state index >= 15 is 0 Å². The molecule has 4 rings (SSSR count). The Labute approximate surface area is 183 Å². The molecule has 152 valence electrons. The van der Waals surface area contributed by atoms with Crippen LogP contribution < -0.4 is 10.1 Å². The fourth-order valence-electron chi connectivity index (χ4n) is 3.43. The van der Waals surface area contributed by atoms with Crippen LogP contribution in [0, 0.1) is 0 Å². The van der Waals surface area contributed by atoms with Gasteiger partial charge in [0.25, 0.3) is 0 Å². The van der Waals surface area contributed by atoms with Crippen molar-refractivity contribution < 1.29 is 9.53 Å². The van der Waals surface area contributed by atoms with Crippen LogP contribution >= 0.6 is 15.9 Å². The number of hydrogen-bond acceptors (Lipinski definition) is 3. The average Bonchev–Trinajstić information content (AvgIpc) is 3.15. The van der Waals surface area contributed by atoms with Gasteiger partial charge >= 0.3 is 0 Å². The minimum atomic E-state index is 0.00505. The lowest BCUT2D eigenvalue weighted by Gasteiger charge is -2.08. The number of aryl methyl sites for hydroxylation is 1. The number of fused-ring (bicyclic) bond motifs is 1. The third kappa shape index (κ3) is 4.54. The van der Waals surface area contributed by atoms with Crippen LogP contribution in [0.15, 0.2) is 77.4 Å². The summed E-state index contributed by atoms with van der Waals surface area (Å²) in [5, 5.41) is 3.00. The Kier molecular flexibility index (Phi) is 6.14. The summed E-state index contributed by atoms with van der Waals surface area (Å²) in [5.41, 5.74) is 4.86. The number of carbonyl (C=O) groups excluding carboxylic acids is 1. The minimum absolute atomic E-state index is 0.00505. The lowest BCUT2D eigenvalue weighted by atomic mass is 10.1. The highest BCUT2D eigenvalue weighted by atomic mass is 79.9. The zero-order valence-electron chi connectivity index (χ0n) is 16.6. The summed E-state index contributed by atoms with van der Waals surface area (Å²) in [5.74, 6) is 0.789. The number of halogens is 1. The zero-order chi connectivity index (χ0) is 20.9. The van der Waals surface area contributed by atoms with Crippen LogP contribution in [0.4, 0.5) is 0 Å². The molecule has 0 aliphatic carbocycles. The van der Waals surface area contributed by atoms with E-state index in [0.29, 0.717) is 19.4 Å². The highest BCUT2D eigenvalue weighted by molar-refractivity contribution is 9.10. The number of imidazole rings is 1. The van der Waals surface area contributed by atoms with E-state index < -0.39 is 0 Å². The van der Waals surface area contributed by atoms with Crippen molar-refractivity contribution in [2.75, 3.05) is 7.11 Å². The summed E-state index contributed by atoms with van der Waals surface area (Å²) in [6, 6.07) is 21.7. The van der Waals surface area contributed by atoms with Crippen LogP contribution in [-0.4, -0.2) is 22.4 Å². The number of carbonyl (C=O) groups is 1. The molecule has 30 heavy (non-hydrogen) atoms. The van der Waals surface area contributed by atoms with E-state index in [1.165, 1.54) is 0 Å². The molecule has 4 aromatic rings. The van der Waals surface area contributed by atoms with Crippen LogP contribution in [0.25, 0.3) is 16.9 Å². The Balaban J connectivity index is 1.49. The molecule has 5 nitrogen and oxygen atoms in total. The smallest absolute Gasteiger partial charge is 0.220 e. The predicted octanol–water partition coefficient (Wildman–Crippen LogP) is 5.02. The minimum Gasteiger partial charge on any atom is -0.497 e. The number of hydrogen-bond donors (Lipinski definition) is 1. The maximum atomic E-state index is 12.5. The summed E-state index contributed by atoms with van der Waals surface area (Å²) >= 11 is 3.48. The summed E-state index contributed by atoms with van der Waals surface area (Å²) in [6.45, 7) is 0.475. The number of nitrogens with zero attached hydrogens (tertiary/aromatic N) is 2. The van der Waals surface area contributed by atoms with Gasteiger partial charge in [0, 0.05) is 29.2 Å². The second-order valence-electron chi connectivity index (χ2n) is 6.97. The molecule has 0 spiro atoms. The maximum absolute atomic E-state index is 12.5. The molecule has 2 aromatic heterocycles. The van der Waals surface area contributed by atoms with E-state index in [4.69, 9.17) is 9.72 Å². The van der Waals surface area contributed by atoms with Gasteiger partial charge in [-0.3, -0.25) is 4.79 Å². The Bertz CT molecular complexity index is 1170. The lowest BCUT2D eigenvalue weighted by molar-refractivity contribution is -0.121. The van der Waals surface area contributed by atoms with Gasteiger partial charge in [-0.1, -0.05) is 46.3 Å². The second-order valence-corrected chi connectivity index (χ2v) is 7.89. The number of benzene rings is 2. The highest BCUT2D eigenvalue weighted by Crippen LogP contribution is 2.27. The molecule has 0 fully saturated rings. The molecule has 0 aliphatic rings. The van der Waals surface area contributed by atoms with Crippen LogP contribution in [0.3, 0.4) is 0 Å². The first-order valence-electron chi connectivity index (χ1n) is 9.75. The van der Waals surface area contributed by atoms with E-state index in [1.54, 1.807) is 7.11 Å². The molecule has 0 saturated heterocycles. The van der Waals surface area contributed by atoms with Crippen LogP contribution in [0.2, 0.25) is 0 Å². The van der Waals surface area contributed by atoms with E-state index in [-0.39, 0.29) is 5.91 Å². The molecule has 1 amide bonds. The fourth-order valence-corrected chi connectivity index (χ4v) is 3.69. The SMILES string of the molecule is COc1cccc(CNC(=O)CCc2c(-c3ccc(Br)cc3)nc3ccccn23)c1. The number of amides is 1.